The van der Waals surface area contributed by atoms with Crippen molar-refractivity contribution in [3.8, 4) is 0 Å². The van der Waals surface area contributed by atoms with E-state index in [-0.39, 0.29) is 17.9 Å². The van der Waals surface area contributed by atoms with Crippen molar-refractivity contribution in [3.63, 3.8) is 0 Å². The van der Waals surface area contributed by atoms with Gasteiger partial charge in [0.05, 0.1) is 19.1 Å². The van der Waals surface area contributed by atoms with E-state index in [0.717, 1.165) is 0 Å². The van der Waals surface area contributed by atoms with Gasteiger partial charge in [-0.3, -0.25) is 4.79 Å². The highest BCUT2D eigenvalue weighted by Crippen LogP contribution is 2.24. The fraction of sp³-hybridized carbons (Fsp3) is 0.929. The van der Waals surface area contributed by atoms with E-state index >= 15 is 0 Å². The fourth-order valence-corrected chi connectivity index (χ4v) is 3.17. The number of nitrogens with one attached hydrogen (secondary N) is 1. The molecule has 1 heterocycles. The Balaban J connectivity index is 1.94. The molecule has 0 aromatic rings. The highest BCUT2D eigenvalue weighted by atomic mass is 16.5. The Morgan fingerprint density at radius 1 is 1.17 bits per heavy atom. The molecule has 4 nitrogen and oxygen atoms in total. The first-order valence-corrected chi connectivity index (χ1v) is 7.25. The second-order valence-electron chi connectivity index (χ2n) is 5.63. The van der Waals surface area contributed by atoms with Gasteiger partial charge in [-0.2, -0.15) is 0 Å². The molecule has 0 aromatic carbocycles. The molecule has 1 saturated heterocycles. The molecule has 1 N–H and O–H groups in total. The van der Waals surface area contributed by atoms with Crippen LogP contribution < -0.4 is 5.32 Å². The van der Waals surface area contributed by atoms with Gasteiger partial charge in [0.25, 0.3) is 0 Å². The van der Waals surface area contributed by atoms with Crippen LogP contribution in [-0.4, -0.2) is 50.2 Å². The molecule has 0 aromatic heterocycles. The number of likely N-dealkylation sites (N-methyl/N-ethyl adjacent to an activating group) is 1. The van der Waals surface area contributed by atoms with Crippen LogP contribution in [0.3, 0.4) is 0 Å². The summed E-state index contributed by atoms with van der Waals surface area (Å²) in [7, 11) is 3.88. The van der Waals surface area contributed by atoms with Crippen molar-refractivity contribution in [2.45, 2.75) is 50.6 Å². The molecule has 0 bridgehead atoms. The van der Waals surface area contributed by atoms with E-state index in [0.29, 0.717) is 19.3 Å². The smallest absolute Gasteiger partial charge is 0.229 e. The van der Waals surface area contributed by atoms with Crippen LogP contribution in [0.4, 0.5) is 0 Å². The Morgan fingerprint density at radius 3 is 2.44 bits per heavy atom. The van der Waals surface area contributed by atoms with E-state index in [1.165, 1.54) is 38.5 Å². The Kier molecular flexibility index (Phi) is 5.01. The second kappa shape index (κ2) is 6.53. The average Bonchev–Trinajstić information content (AvgIpc) is 2.70. The van der Waals surface area contributed by atoms with Crippen LogP contribution in [0.5, 0.6) is 0 Å². The third kappa shape index (κ3) is 3.04. The van der Waals surface area contributed by atoms with Gasteiger partial charge in [-0.15, -0.1) is 0 Å². The van der Waals surface area contributed by atoms with Crippen molar-refractivity contribution in [3.05, 3.63) is 0 Å². The largest absolute Gasteiger partial charge is 0.379 e. The van der Waals surface area contributed by atoms with Gasteiger partial charge in [-0.25, -0.2) is 0 Å². The van der Waals surface area contributed by atoms with E-state index in [9.17, 15) is 4.79 Å². The van der Waals surface area contributed by atoms with Gasteiger partial charge in [0.1, 0.15) is 0 Å². The van der Waals surface area contributed by atoms with Crippen LogP contribution >= 0.6 is 0 Å². The highest BCUT2D eigenvalue weighted by molar-refractivity contribution is 5.80. The molecule has 2 fully saturated rings. The molecule has 18 heavy (non-hydrogen) atoms. The molecule has 2 atom stereocenters. The molecule has 0 spiro atoms. The monoisotopic (exact) mass is 254 g/mol. The molecule has 1 amide bonds. The number of carbonyl (C=O) groups excluding carboxylic acids is 1. The van der Waals surface area contributed by atoms with E-state index in [1.54, 1.807) is 0 Å². The van der Waals surface area contributed by atoms with Gasteiger partial charge < -0.3 is 15.0 Å². The van der Waals surface area contributed by atoms with Crippen molar-refractivity contribution in [2.75, 3.05) is 27.3 Å². The minimum absolute atomic E-state index is 0.00301. The lowest BCUT2D eigenvalue weighted by molar-refractivity contribution is -0.137. The summed E-state index contributed by atoms with van der Waals surface area (Å²) in [6, 6.07) is 0.629. The number of hydrogen-bond donors (Lipinski definition) is 1. The van der Waals surface area contributed by atoms with Crippen LogP contribution in [0.15, 0.2) is 0 Å². The van der Waals surface area contributed by atoms with E-state index in [1.807, 2.05) is 19.0 Å². The Morgan fingerprint density at radius 2 is 1.83 bits per heavy atom. The lowest BCUT2D eigenvalue weighted by atomic mass is 9.99. The number of hydrogen-bond acceptors (Lipinski definition) is 3. The number of carbonyl (C=O) groups is 1. The second-order valence-corrected chi connectivity index (χ2v) is 5.63. The van der Waals surface area contributed by atoms with Gasteiger partial charge in [-0.1, -0.05) is 25.7 Å². The van der Waals surface area contributed by atoms with Crippen molar-refractivity contribution in [2.24, 2.45) is 5.92 Å². The first-order chi connectivity index (χ1) is 8.74. The van der Waals surface area contributed by atoms with Crippen LogP contribution in [0.25, 0.3) is 0 Å². The molecule has 0 radical (unpaired) electrons. The SMILES string of the molecule is CNC1COCC1C(=O)N(C)C1CCCCCC1. The Hall–Kier alpha value is -0.610. The van der Waals surface area contributed by atoms with Crippen molar-refractivity contribution < 1.29 is 9.53 Å². The maximum atomic E-state index is 12.5. The summed E-state index contributed by atoms with van der Waals surface area (Å²) in [5, 5.41) is 3.19. The maximum absolute atomic E-state index is 12.5. The van der Waals surface area contributed by atoms with Gasteiger partial charge >= 0.3 is 0 Å². The zero-order valence-electron chi connectivity index (χ0n) is 11.7. The van der Waals surface area contributed by atoms with Crippen molar-refractivity contribution in [1.29, 1.82) is 0 Å². The van der Waals surface area contributed by atoms with Crippen LogP contribution in [-0.2, 0) is 9.53 Å². The average molecular weight is 254 g/mol. The summed E-state index contributed by atoms with van der Waals surface area (Å²) in [6.45, 7) is 1.23. The fourth-order valence-electron chi connectivity index (χ4n) is 3.17. The lowest BCUT2D eigenvalue weighted by Crippen LogP contribution is -2.46. The quantitative estimate of drug-likeness (QED) is 0.774. The highest BCUT2D eigenvalue weighted by Gasteiger charge is 2.36. The molecule has 2 rings (SSSR count). The Bertz CT molecular complexity index is 275. The van der Waals surface area contributed by atoms with Gasteiger partial charge in [0, 0.05) is 19.1 Å². The zero-order chi connectivity index (χ0) is 13.0. The minimum Gasteiger partial charge on any atom is -0.379 e. The summed E-state index contributed by atoms with van der Waals surface area (Å²) < 4.78 is 5.43. The molecular weight excluding hydrogens is 228 g/mol. The first kappa shape index (κ1) is 13.8. The molecule has 104 valence electrons. The number of nitrogens with zero attached hydrogens (tertiary/aromatic N) is 1. The van der Waals surface area contributed by atoms with Crippen molar-refractivity contribution >= 4 is 5.91 Å². The van der Waals surface area contributed by atoms with E-state index in [2.05, 4.69) is 5.32 Å². The molecule has 2 aliphatic rings. The summed E-state index contributed by atoms with van der Waals surface area (Å²) in [6.07, 6.45) is 7.51. The standard InChI is InChI=1S/C14H26N2O2/c1-15-13-10-18-9-12(13)14(17)16(2)11-7-5-3-4-6-8-11/h11-13,15H,3-10H2,1-2H3. The summed E-state index contributed by atoms with van der Waals surface area (Å²) >= 11 is 0. The van der Waals surface area contributed by atoms with Crippen LogP contribution in [0.2, 0.25) is 0 Å². The minimum atomic E-state index is 0.00301. The molecule has 1 saturated carbocycles. The van der Waals surface area contributed by atoms with E-state index < -0.39 is 0 Å². The number of ether oxygens (including phenoxy) is 1. The van der Waals surface area contributed by atoms with Gasteiger partial charge in [-0.05, 0) is 19.9 Å². The number of rotatable bonds is 3. The van der Waals surface area contributed by atoms with Gasteiger partial charge in [0.15, 0.2) is 0 Å². The topological polar surface area (TPSA) is 41.6 Å². The molecule has 1 aliphatic carbocycles. The summed E-state index contributed by atoms with van der Waals surface area (Å²) in [4.78, 5) is 14.5. The number of amides is 1. The summed E-state index contributed by atoms with van der Waals surface area (Å²) in [5.41, 5.74) is 0. The normalized spacial score (nSPS) is 30.1. The predicted molar refractivity (Wildman–Crippen MR) is 71.4 cm³/mol. The van der Waals surface area contributed by atoms with Gasteiger partial charge in [0.2, 0.25) is 5.91 Å². The molecule has 4 heteroatoms. The van der Waals surface area contributed by atoms with Crippen LogP contribution in [0.1, 0.15) is 38.5 Å². The van der Waals surface area contributed by atoms with Crippen molar-refractivity contribution in [1.82, 2.24) is 10.2 Å². The molecular formula is C14H26N2O2. The lowest BCUT2D eigenvalue weighted by Gasteiger charge is -2.30. The third-order valence-corrected chi connectivity index (χ3v) is 4.49. The summed E-state index contributed by atoms with van der Waals surface area (Å²) in [5.74, 6) is 0.266. The zero-order valence-corrected chi connectivity index (χ0v) is 11.7. The van der Waals surface area contributed by atoms with Crippen LogP contribution in [0, 0.1) is 5.92 Å². The maximum Gasteiger partial charge on any atom is 0.229 e. The first-order valence-electron chi connectivity index (χ1n) is 7.25. The molecule has 1 aliphatic heterocycles. The van der Waals surface area contributed by atoms with E-state index in [4.69, 9.17) is 4.74 Å². The predicted octanol–water partition coefficient (Wildman–Crippen LogP) is 1.40. The molecule has 2 unspecified atom stereocenters. The Labute approximate surface area is 110 Å². The third-order valence-electron chi connectivity index (χ3n) is 4.49.